The largest absolute Gasteiger partial charge is 0.497 e. The maximum Gasteiger partial charge on any atom is 0.412 e. The van der Waals surface area contributed by atoms with Crippen molar-refractivity contribution in [3.8, 4) is 28.6 Å². The van der Waals surface area contributed by atoms with Crippen molar-refractivity contribution in [1.82, 2.24) is 14.9 Å². The fraction of sp³-hybridized carbons (Fsp3) is 0.364. The number of aryl methyl sites for hydroxylation is 1. The van der Waals surface area contributed by atoms with Gasteiger partial charge in [0.1, 0.15) is 35.6 Å². The summed E-state index contributed by atoms with van der Waals surface area (Å²) in [6.45, 7) is 9.26. The summed E-state index contributed by atoms with van der Waals surface area (Å²) >= 11 is 0. The minimum Gasteiger partial charge on any atom is -0.497 e. The molecule has 0 spiro atoms. The summed E-state index contributed by atoms with van der Waals surface area (Å²) in [6.07, 6.45) is -0.516. The van der Waals surface area contributed by atoms with Crippen LogP contribution < -0.4 is 25.1 Å². The molecule has 0 radical (unpaired) electrons. The van der Waals surface area contributed by atoms with Crippen LogP contribution in [0, 0.1) is 5.41 Å². The van der Waals surface area contributed by atoms with Crippen molar-refractivity contribution in [1.29, 1.82) is 0 Å². The highest BCUT2D eigenvalue weighted by atomic mass is 16.6. The highest BCUT2D eigenvalue weighted by Crippen LogP contribution is 2.44. The van der Waals surface area contributed by atoms with Crippen LogP contribution in [0.2, 0.25) is 0 Å². The Labute approximate surface area is 406 Å². The van der Waals surface area contributed by atoms with Crippen LogP contribution in [0.5, 0.6) is 17.2 Å². The van der Waals surface area contributed by atoms with Crippen molar-refractivity contribution < 1.29 is 52.6 Å². The van der Waals surface area contributed by atoms with Gasteiger partial charge in [-0.1, -0.05) is 68.4 Å². The number of nitrogens with zero attached hydrogens (tertiary/aromatic N) is 2. The number of aliphatic hydroxyl groups excluding tert-OH is 1. The fourth-order valence-corrected chi connectivity index (χ4v) is 9.15. The SMILES string of the molecule is CCc1c2c(nc3ccc(OC(=O)NCCCOCC(O)COC(c4ccccc4)(c4ccc(OC)cc4)c4ccc(OC)cc4)cc13)-c1cc3c(c(=O)n1C2)COC(=O)[C@@]3(CC)OC(=O)C(C)(C)C. The van der Waals surface area contributed by atoms with Gasteiger partial charge in [0, 0.05) is 29.7 Å². The summed E-state index contributed by atoms with van der Waals surface area (Å²) < 4.78 is 42.2. The first-order valence-corrected chi connectivity index (χ1v) is 23.5. The summed E-state index contributed by atoms with van der Waals surface area (Å²) in [5.41, 5.74) is 2.48. The second-order valence-electron chi connectivity index (χ2n) is 18.4. The Morgan fingerprint density at radius 3 is 2.10 bits per heavy atom. The van der Waals surface area contributed by atoms with Crippen molar-refractivity contribution in [3.63, 3.8) is 0 Å². The lowest BCUT2D eigenvalue weighted by Crippen LogP contribution is -2.48. The number of fused-ring (bicyclic) bond motifs is 5. The summed E-state index contributed by atoms with van der Waals surface area (Å²) in [5, 5.41) is 14.7. The molecule has 366 valence electrons. The molecule has 70 heavy (non-hydrogen) atoms. The number of esters is 2. The average molecular weight is 954 g/mol. The number of hydrogen-bond acceptors (Lipinski definition) is 13. The van der Waals surface area contributed by atoms with Gasteiger partial charge in [-0.05, 0) is 111 Å². The zero-order valence-electron chi connectivity index (χ0n) is 40.6. The van der Waals surface area contributed by atoms with Crippen LogP contribution in [0.3, 0.4) is 0 Å². The zero-order chi connectivity index (χ0) is 49.8. The summed E-state index contributed by atoms with van der Waals surface area (Å²) in [5.74, 6) is 0.399. The molecule has 0 saturated carbocycles. The van der Waals surface area contributed by atoms with E-state index < -0.39 is 40.8 Å². The number of cyclic esters (lactones) is 1. The van der Waals surface area contributed by atoms with Crippen LogP contribution >= 0.6 is 0 Å². The maximum atomic E-state index is 14.1. The van der Waals surface area contributed by atoms with E-state index in [9.17, 15) is 24.3 Å². The number of carbonyl (C=O) groups excluding carboxylic acids is 3. The van der Waals surface area contributed by atoms with Gasteiger partial charge >= 0.3 is 18.0 Å². The first-order valence-electron chi connectivity index (χ1n) is 23.5. The number of benzene rings is 4. The maximum absolute atomic E-state index is 14.1. The van der Waals surface area contributed by atoms with Crippen LogP contribution in [0.1, 0.15) is 86.4 Å². The third-order valence-corrected chi connectivity index (χ3v) is 12.9. The highest BCUT2D eigenvalue weighted by molar-refractivity contribution is 5.91. The van der Waals surface area contributed by atoms with E-state index in [1.54, 1.807) is 70.7 Å². The molecule has 1 amide bonds. The van der Waals surface area contributed by atoms with E-state index in [0.717, 1.165) is 33.2 Å². The standard InChI is InChI=1S/C55H59N3O12/c1-8-41-42-28-40(24-25-46(42)57-48-43(41)30-58-47(48)29-45-44(49(58)60)33-67-51(62)54(45,9-2)70-50(61)53(3,4)5)69-52(63)56-26-13-27-66-31-37(59)32-68-55(34-14-11-10-12-15-34,35-16-20-38(64-6)21-17-35)36-18-22-39(65-7)23-19-36/h10-12,14-25,28-29,37,59H,8-9,13,26-27,30-33H2,1-7H3,(H,56,63)/t37?,54-/m0/s1. The van der Waals surface area contributed by atoms with Crippen LogP contribution in [-0.4, -0.2) is 79.4 Å². The number of nitrogens with one attached hydrogen (secondary N) is 1. The van der Waals surface area contributed by atoms with Crippen molar-refractivity contribution in [2.45, 2.75) is 84.3 Å². The quantitative estimate of drug-likeness (QED) is 0.0478. The number of methoxy groups -OCH3 is 2. The van der Waals surface area contributed by atoms with E-state index in [-0.39, 0.29) is 57.1 Å². The molecule has 8 rings (SSSR count). The molecule has 2 aliphatic heterocycles. The predicted octanol–water partition coefficient (Wildman–Crippen LogP) is 8.12. The van der Waals surface area contributed by atoms with E-state index in [1.165, 1.54) is 0 Å². The van der Waals surface area contributed by atoms with Crippen LogP contribution in [0.4, 0.5) is 4.79 Å². The van der Waals surface area contributed by atoms with Crippen LogP contribution in [-0.2, 0) is 59.3 Å². The molecule has 4 aromatic carbocycles. The molecule has 15 nitrogen and oxygen atoms in total. The van der Waals surface area contributed by atoms with Crippen molar-refractivity contribution in [2.24, 2.45) is 5.41 Å². The van der Waals surface area contributed by atoms with Gasteiger partial charge in [-0.3, -0.25) is 9.59 Å². The second-order valence-corrected chi connectivity index (χ2v) is 18.4. The van der Waals surface area contributed by atoms with Gasteiger partial charge in [0.15, 0.2) is 0 Å². The van der Waals surface area contributed by atoms with Crippen LogP contribution in [0.25, 0.3) is 22.3 Å². The van der Waals surface area contributed by atoms with E-state index in [1.807, 2.05) is 85.8 Å². The molecule has 1 unspecified atom stereocenters. The van der Waals surface area contributed by atoms with E-state index in [0.29, 0.717) is 52.6 Å². The minimum atomic E-state index is -1.78. The number of rotatable bonds is 18. The van der Waals surface area contributed by atoms with Gasteiger partial charge in [-0.2, -0.15) is 0 Å². The topological polar surface area (TPSA) is 183 Å². The number of carbonyl (C=O) groups is 3. The monoisotopic (exact) mass is 953 g/mol. The normalized spacial score (nSPS) is 15.6. The molecule has 0 saturated heterocycles. The van der Waals surface area contributed by atoms with Crippen molar-refractivity contribution in [2.75, 3.05) is 40.6 Å². The molecule has 2 N–H and O–H groups in total. The molecule has 2 aliphatic rings. The van der Waals surface area contributed by atoms with E-state index >= 15 is 0 Å². The summed E-state index contributed by atoms with van der Waals surface area (Å²) in [6, 6.07) is 32.1. The lowest BCUT2D eigenvalue weighted by molar-refractivity contribution is -0.194. The van der Waals surface area contributed by atoms with Crippen LogP contribution in [0.15, 0.2) is 108 Å². The molecule has 2 aromatic heterocycles. The molecule has 2 atom stereocenters. The Kier molecular flexibility index (Phi) is 14.4. The molecular weight excluding hydrogens is 895 g/mol. The molecule has 4 heterocycles. The van der Waals surface area contributed by atoms with Gasteiger partial charge < -0.3 is 48.1 Å². The predicted molar refractivity (Wildman–Crippen MR) is 261 cm³/mol. The molecular formula is C55H59N3O12. The molecule has 0 fully saturated rings. The van der Waals surface area contributed by atoms with E-state index in [2.05, 4.69) is 5.32 Å². The van der Waals surface area contributed by atoms with Crippen molar-refractivity contribution in [3.05, 3.63) is 152 Å². The van der Waals surface area contributed by atoms with Gasteiger partial charge in [0.25, 0.3) is 5.56 Å². The Hall–Kier alpha value is -7.07. The molecule has 15 heteroatoms. The van der Waals surface area contributed by atoms with Gasteiger partial charge in [0.2, 0.25) is 5.60 Å². The average Bonchev–Trinajstić information content (AvgIpc) is 3.74. The van der Waals surface area contributed by atoms with Crippen molar-refractivity contribution >= 4 is 28.9 Å². The number of hydrogen-bond donors (Lipinski definition) is 2. The fourth-order valence-electron chi connectivity index (χ4n) is 9.15. The second kappa shape index (κ2) is 20.5. The molecule has 6 aromatic rings. The number of amides is 1. The first-order chi connectivity index (χ1) is 33.7. The Balaban J connectivity index is 0.895. The molecule has 0 bridgehead atoms. The van der Waals surface area contributed by atoms with E-state index in [4.69, 9.17) is 38.1 Å². The Bertz CT molecular complexity index is 2900. The molecule has 0 aliphatic carbocycles. The first kappa shape index (κ1) is 49.4. The summed E-state index contributed by atoms with van der Waals surface area (Å²) in [4.78, 5) is 58.7. The third-order valence-electron chi connectivity index (χ3n) is 12.9. The van der Waals surface area contributed by atoms with Gasteiger partial charge in [-0.25, -0.2) is 14.6 Å². The smallest absolute Gasteiger partial charge is 0.412 e. The Morgan fingerprint density at radius 2 is 1.49 bits per heavy atom. The highest BCUT2D eigenvalue weighted by Gasteiger charge is 2.51. The minimum absolute atomic E-state index is 0.00233. The summed E-state index contributed by atoms with van der Waals surface area (Å²) in [7, 11) is 3.23. The third kappa shape index (κ3) is 9.48. The number of aliphatic hydroxyl groups is 1. The number of ether oxygens (including phenoxy) is 7. The van der Waals surface area contributed by atoms with Gasteiger partial charge in [-0.15, -0.1) is 0 Å². The lowest BCUT2D eigenvalue weighted by Gasteiger charge is -2.37. The zero-order valence-corrected chi connectivity index (χ0v) is 40.6. The lowest BCUT2D eigenvalue weighted by atomic mass is 9.80. The number of aromatic nitrogens is 2. The number of pyridine rings is 2. The van der Waals surface area contributed by atoms with Gasteiger partial charge in [0.05, 0.1) is 61.9 Å². The Morgan fingerprint density at radius 1 is 0.843 bits per heavy atom.